The second kappa shape index (κ2) is 8.37. The van der Waals surface area contributed by atoms with Crippen molar-refractivity contribution in [1.29, 1.82) is 0 Å². The Labute approximate surface area is 138 Å². The zero-order valence-electron chi connectivity index (χ0n) is 14.1. The topological polar surface area (TPSA) is 38.3 Å². The van der Waals surface area contributed by atoms with Crippen LogP contribution in [-0.2, 0) is 4.79 Å². The molecular formula is C20H25NO2. The molecule has 0 aliphatic heterocycles. The van der Waals surface area contributed by atoms with Gasteiger partial charge in [-0.2, -0.15) is 0 Å². The van der Waals surface area contributed by atoms with Gasteiger partial charge in [-0.3, -0.25) is 4.79 Å². The van der Waals surface area contributed by atoms with Gasteiger partial charge in [-0.05, 0) is 37.5 Å². The standard InChI is InChI=1S/C20H25NO2/c1-4-18(16-13-11-15(3)12-14-16)21-20(22)19(5-2)23-17-9-7-6-8-10-17/h6-14,18-19H,4-5H2,1-3H3,(H,21,22)/t18-,19+/m0/s1. The summed E-state index contributed by atoms with van der Waals surface area (Å²) >= 11 is 0. The van der Waals surface area contributed by atoms with Crippen LogP contribution in [0.15, 0.2) is 54.6 Å². The number of ether oxygens (including phenoxy) is 1. The first-order valence-corrected chi connectivity index (χ1v) is 8.22. The molecule has 1 N–H and O–H groups in total. The molecule has 2 rings (SSSR count). The highest BCUT2D eigenvalue weighted by Gasteiger charge is 2.21. The number of benzene rings is 2. The molecule has 0 spiro atoms. The number of nitrogens with one attached hydrogen (secondary N) is 1. The summed E-state index contributed by atoms with van der Waals surface area (Å²) in [6, 6.07) is 17.8. The minimum Gasteiger partial charge on any atom is -0.481 e. The van der Waals surface area contributed by atoms with Gasteiger partial charge in [0.05, 0.1) is 6.04 Å². The molecule has 2 atom stereocenters. The van der Waals surface area contributed by atoms with Crippen molar-refractivity contribution in [2.24, 2.45) is 0 Å². The highest BCUT2D eigenvalue weighted by atomic mass is 16.5. The lowest BCUT2D eigenvalue weighted by Gasteiger charge is -2.22. The lowest BCUT2D eigenvalue weighted by Crippen LogP contribution is -2.39. The Morgan fingerprint density at radius 3 is 2.22 bits per heavy atom. The Kier molecular flexibility index (Phi) is 6.21. The van der Waals surface area contributed by atoms with Gasteiger partial charge < -0.3 is 10.1 Å². The maximum Gasteiger partial charge on any atom is 0.261 e. The summed E-state index contributed by atoms with van der Waals surface area (Å²) in [5.41, 5.74) is 2.34. The van der Waals surface area contributed by atoms with Gasteiger partial charge in [0.1, 0.15) is 5.75 Å². The van der Waals surface area contributed by atoms with Crippen LogP contribution in [-0.4, -0.2) is 12.0 Å². The average Bonchev–Trinajstić information content (AvgIpc) is 2.59. The van der Waals surface area contributed by atoms with Gasteiger partial charge in [0.2, 0.25) is 0 Å². The first-order chi connectivity index (χ1) is 11.1. The van der Waals surface area contributed by atoms with Crippen LogP contribution in [0.4, 0.5) is 0 Å². The largest absolute Gasteiger partial charge is 0.481 e. The third-order valence-electron chi connectivity index (χ3n) is 3.89. The molecular weight excluding hydrogens is 286 g/mol. The quantitative estimate of drug-likeness (QED) is 0.822. The van der Waals surface area contributed by atoms with Crippen molar-refractivity contribution in [3.05, 3.63) is 65.7 Å². The second-order valence-corrected chi connectivity index (χ2v) is 5.71. The van der Waals surface area contributed by atoms with Crippen molar-refractivity contribution >= 4 is 5.91 Å². The van der Waals surface area contributed by atoms with E-state index in [4.69, 9.17) is 4.74 Å². The molecule has 0 aliphatic carbocycles. The summed E-state index contributed by atoms with van der Waals surface area (Å²) < 4.78 is 5.81. The molecule has 0 radical (unpaired) electrons. The normalized spacial score (nSPS) is 13.2. The van der Waals surface area contributed by atoms with E-state index in [-0.39, 0.29) is 11.9 Å². The third kappa shape index (κ3) is 4.85. The average molecular weight is 311 g/mol. The molecule has 1 amide bonds. The van der Waals surface area contributed by atoms with Crippen molar-refractivity contribution < 1.29 is 9.53 Å². The van der Waals surface area contributed by atoms with Gasteiger partial charge in [-0.25, -0.2) is 0 Å². The number of rotatable bonds is 7. The SMILES string of the molecule is CC[C@H](NC(=O)[C@@H](CC)Oc1ccccc1)c1ccc(C)cc1. The molecule has 0 unspecified atom stereocenters. The molecule has 0 aromatic heterocycles. The molecule has 0 saturated carbocycles. The molecule has 0 fully saturated rings. The fraction of sp³-hybridized carbons (Fsp3) is 0.350. The number of carbonyl (C=O) groups excluding carboxylic acids is 1. The Bertz CT molecular complexity index is 607. The molecule has 3 heteroatoms. The molecule has 0 saturated heterocycles. The van der Waals surface area contributed by atoms with Gasteiger partial charge in [0, 0.05) is 0 Å². The summed E-state index contributed by atoms with van der Waals surface area (Å²) in [4.78, 5) is 12.6. The zero-order chi connectivity index (χ0) is 16.7. The van der Waals surface area contributed by atoms with Crippen molar-refractivity contribution in [1.82, 2.24) is 5.32 Å². The van der Waals surface area contributed by atoms with E-state index >= 15 is 0 Å². The van der Waals surface area contributed by atoms with Crippen molar-refractivity contribution in [2.45, 2.75) is 45.8 Å². The second-order valence-electron chi connectivity index (χ2n) is 5.71. The Morgan fingerprint density at radius 2 is 1.65 bits per heavy atom. The molecule has 23 heavy (non-hydrogen) atoms. The zero-order valence-corrected chi connectivity index (χ0v) is 14.1. The number of amides is 1. The summed E-state index contributed by atoms with van der Waals surface area (Å²) in [7, 11) is 0. The molecule has 0 bridgehead atoms. The fourth-order valence-corrected chi connectivity index (χ4v) is 2.47. The molecule has 3 nitrogen and oxygen atoms in total. The highest BCUT2D eigenvalue weighted by Crippen LogP contribution is 2.19. The van der Waals surface area contributed by atoms with Gasteiger partial charge in [-0.15, -0.1) is 0 Å². The third-order valence-corrected chi connectivity index (χ3v) is 3.89. The van der Waals surface area contributed by atoms with E-state index in [2.05, 4.69) is 43.4 Å². The number of carbonyl (C=O) groups is 1. The monoisotopic (exact) mass is 311 g/mol. The first kappa shape index (κ1) is 17.1. The van der Waals surface area contributed by atoms with E-state index in [0.29, 0.717) is 6.42 Å². The molecule has 2 aromatic carbocycles. The Balaban J connectivity index is 2.03. The molecule has 0 heterocycles. The van der Waals surface area contributed by atoms with Gasteiger partial charge in [-0.1, -0.05) is 61.9 Å². The summed E-state index contributed by atoms with van der Waals surface area (Å²) in [5.74, 6) is 0.654. The number of aryl methyl sites for hydroxylation is 1. The van der Waals surface area contributed by atoms with Crippen molar-refractivity contribution in [3.63, 3.8) is 0 Å². The van der Waals surface area contributed by atoms with E-state index in [9.17, 15) is 4.79 Å². The van der Waals surface area contributed by atoms with Gasteiger partial charge in [0.25, 0.3) is 5.91 Å². The van der Waals surface area contributed by atoms with Crippen molar-refractivity contribution in [3.8, 4) is 5.75 Å². The number of para-hydroxylation sites is 1. The number of hydrogen-bond acceptors (Lipinski definition) is 2. The Hall–Kier alpha value is -2.29. The van der Waals surface area contributed by atoms with E-state index in [1.54, 1.807) is 0 Å². The maximum atomic E-state index is 12.6. The van der Waals surface area contributed by atoms with Crippen LogP contribution in [0.25, 0.3) is 0 Å². The predicted octanol–water partition coefficient (Wildman–Crippen LogP) is 4.42. The van der Waals surface area contributed by atoms with Gasteiger partial charge in [0.15, 0.2) is 6.10 Å². The van der Waals surface area contributed by atoms with Crippen LogP contribution in [0.2, 0.25) is 0 Å². The fourth-order valence-electron chi connectivity index (χ4n) is 2.47. The minimum atomic E-state index is -0.475. The van der Waals surface area contributed by atoms with Crippen LogP contribution in [0.5, 0.6) is 5.75 Å². The highest BCUT2D eigenvalue weighted by molar-refractivity contribution is 5.81. The van der Waals surface area contributed by atoms with Gasteiger partial charge >= 0.3 is 0 Å². The summed E-state index contributed by atoms with van der Waals surface area (Å²) in [6.07, 6.45) is 0.999. The van der Waals surface area contributed by atoms with E-state index in [1.807, 2.05) is 37.3 Å². The molecule has 122 valence electrons. The molecule has 2 aromatic rings. The summed E-state index contributed by atoms with van der Waals surface area (Å²) in [6.45, 7) is 6.09. The summed E-state index contributed by atoms with van der Waals surface area (Å²) in [5, 5.41) is 3.11. The minimum absolute atomic E-state index is 0.0107. The smallest absolute Gasteiger partial charge is 0.261 e. The van der Waals surface area contributed by atoms with Crippen LogP contribution in [0.3, 0.4) is 0 Å². The van der Waals surface area contributed by atoms with Crippen LogP contribution in [0, 0.1) is 6.92 Å². The maximum absolute atomic E-state index is 12.6. The van der Waals surface area contributed by atoms with E-state index in [1.165, 1.54) is 5.56 Å². The first-order valence-electron chi connectivity index (χ1n) is 8.22. The van der Waals surface area contributed by atoms with E-state index < -0.39 is 6.10 Å². The van der Waals surface area contributed by atoms with Crippen LogP contribution >= 0.6 is 0 Å². The number of hydrogen-bond donors (Lipinski definition) is 1. The molecule has 0 aliphatic rings. The van der Waals surface area contributed by atoms with E-state index in [0.717, 1.165) is 17.7 Å². The predicted molar refractivity (Wildman–Crippen MR) is 93.5 cm³/mol. The lowest BCUT2D eigenvalue weighted by atomic mass is 10.0. The van der Waals surface area contributed by atoms with Crippen molar-refractivity contribution in [2.75, 3.05) is 0 Å². The lowest BCUT2D eigenvalue weighted by molar-refractivity contribution is -0.128. The van der Waals surface area contributed by atoms with Crippen LogP contribution in [0.1, 0.15) is 43.9 Å². The Morgan fingerprint density at radius 1 is 1.00 bits per heavy atom. The van der Waals surface area contributed by atoms with Crippen LogP contribution < -0.4 is 10.1 Å².